The second-order valence-corrected chi connectivity index (χ2v) is 7.13. The molecule has 0 spiro atoms. The number of methoxy groups -OCH3 is 1. The van der Waals surface area contributed by atoms with Crippen LogP contribution in [0.1, 0.15) is 34.8 Å². The van der Waals surface area contributed by atoms with Crippen molar-refractivity contribution in [2.75, 3.05) is 20.2 Å². The van der Waals surface area contributed by atoms with E-state index in [0.717, 1.165) is 29.8 Å². The highest BCUT2D eigenvalue weighted by molar-refractivity contribution is 5.94. The average Bonchev–Trinajstić information content (AvgIpc) is 2.79. The van der Waals surface area contributed by atoms with Crippen molar-refractivity contribution < 1.29 is 13.9 Å². The smallest absolute Gasteiger partial charge is 0.253 e. The molecule has 1 aliphatic heterocycles. The monoisotopic (exact) mass is 391 g/mol. The number of carbonyl (C=O) groups is 1. The lowest BCUT2D eigenvalue weighted by Gasteiger charge is -2.32. The van der Waals surface area contributed by atoms with Gasteiger partial charge in [-0.2, -0.15) is 0 Å². The van der Waals surface area contributed by atoms with Gasteiger partial charge in [0.1, 0.15) is 11.6 Å². The van der Waals surface area contributed by atoms with Crippen molar-refractivity contribution in [2.45, 2.75) is 18.8 Å². The molecule has 1 atom stereocenters. The molecule has 5 nitrogen and oxygen atoms in total. The molecule has 0 bridgehead atoms. The summed E-state index contributed by atoms with van der Waals surface area (Å²) in [6.45, 7) is 1.29. The van der Waals surface area contributed by atoms with E-state index >= 15 is 0 Å². The van der Waals surface area contributed by atoms with Crippen LogP contribution >= 0.6 is 0 Å². The third-order valence-electron chi connectivity index (χ3n) is 5.24. The molecule has 0 N–H and O–H groups in total. The maximum absolute atomic E-state index is 13.1. The summed E-state index contributed by atoms with van der Waals surface area (Å²) in [5, 5.41) is 0. The summed E-state index contributed by atoms with van der Waals surface area (Å²) in [6.07, 6.45) is 3.63. The predicted molar refractivity (Wildman–Crippen MR) is 108 cm³/mol. The number of benzene rings is 2. The Bertz CT molecular complexity index is 990. The first-order valence-electron chi connectivity index (χ1n) is 9.66. The van der Waals surface area contributed by atoms with Gasteiger partial charge in [0, 0.05) is 42.0 Å². The molecule has 4 rings (SSSR count). The van der Waals surface area contributed by atoms with Crippen LogP contribution in [0, 0.1) is 5.82 Å². The Labute approximate surface area is 169 Å². The molecule has 0 unspecified atom stereocenters. The topological polar surface area (TPSA) is 55.3 Å². The van der Waals surface area contributed by atoms with E-state index in [1.807, 2.05) is 35.2 Å². The Balaban J connectivity index is 1.52. The van der Waals surface area contributed by atoms with Gasteiger partial charge >= 0.3 is 0 Å². The number of aromatic nitrogens is 2. The number of rotatable bonds is 4. The van der Waals surface area contributed by atoms with Gasteiger partial charge in [-0.05, 0) is 67.4 Å². The fourth-order valence-electron chi connectivity index (χ4n) is 3.66. The van der Waals surface area contributed by atoms with E-state index in [1.165, 1.54) is 24.3 Å². The maximum Gasteiger partial charge on any atom is 0.253 e. The van der Waals surface area contributed by atoms with Gasteiger partial charge < -0.3 is 9.64 Å². The summed E-state index contributed by atoms with van der Waals surface area (Å²) < 4.78 is 18.4. The number of hydrogen-bond donors (Lipinski definition) is 0. The number of piperidine rings is 1. The van der Waals surface area contributed by atoms with Gasteiger partial charge in [0.25, 0.3) is 5.91 Å². The van der Waals surface area contributed by atoms with Crippen molar-refractivity contribution in [1.29, 1.82) is 0 Å². The number of halogens is 1. The van der Waals surface area contributed by atoms with Gasteiger partial charge in [-0.15, -0.1) is 0 Å². The number of amides is 1. The summed E-state index contributed by atoms with van der Waals surface area (Å²) in [7, 11) is 1.63. The fraction of sp³-hybridized carbons (Fsp3) is 0.261. The Hall–Kier alpha value is -3.28. The van der Waals surface area contributed by atoms with Crippen LogP contribution in [-0.4, -0.2) is 41.0 Å². The van der Waals surface area contributed by atoms with E-state index in [4.69, 9.17) is 9.72 Å². The summed E-state index contributed by atoms with van der Waals surface area (Å²) in [6, 6.07) is 15.3. The number of nitrogens with zero attached hydrogens (tertiary/aromatic N) is 3. The lowest BCUT2D eigenvalue weighted by atomic mass is 9.94. The Kier molecular flexibility index (Phi) is 5.51. The quantitative estimate of drug-likeness (QED) is 0.665. The molecule has 1 saturated heterocycles. The zero-order chi connectivity index (χ0) is 20.2. The van der Waals surface area contributed by atoms with Crippen LogP contribution in [0.2, 0.25) is 0 Å². The SMILES string of the molecule is COc1ccc(-c2nccc([C@@H]3CCCN(C(=O)c4ccc(F)cc4)C3)n2)cc1. The van der Waals surface area contributed by atoms with Gasteiger partial charge in [-0.1, -0.05) is 0 Å². The van der Waals surface area contributed by atoms with Crippen molar-refractivity contribution >= 4 is 5.91 Å². The van der Waals surface area contributed by atoms with Gasteiger partial charge in [-0.3, -0.25) is 4.79 Å². The highest BCUT2D eigenvalue weighted by Crippen LogP contribution is 2.28. The summed E-state index contributed by atoms with van der Waals surface area (Å²) in [5.41, 5.74) is 2.36. The first kappa shape index (κ1) is 19.1. The lowest BCUT2D eigenvalue weighted by Crippen LogP contribution is -2.39. The van der Waals surface area contributed by atoms with Crippen LogP contribution in [-0.2, 0) is 0 Å². The normalized spacial score (nSPS) is 16.5. The molecule has 148 valence electrons. The Morgan fingerprint density at radius 1 is 1.10 bits per heavy atom. The van der Waals surface area contributed by atoms with Gasteiger partial charge in [0.2, 0.25) is 0 Å². The molecule has 1 aliphatic rings. The second-order valence-electron chi connectivity index (χ2n) is 7.13. The summed E-state index contributed by atoms with van der Waals surface area (Å²) in [5.74, 6) is 1.18. The van der Waals surface area contributed by atoms with Gasteiger partial charge in [0.05, 0.1) is 7.11 Å². The van der Waals surface area contributed by atoms with E-state index in [9.17, 15) is 9.18 Å². The van der Waals surface area contributed by atoms with E-state index in [0.29, 0.717) is 24.5 Å². The molecular weight excluding hydrogens is 369 g/mol. The van der Waals surface area contributed by atoms with Crippen LogP contribution in [0.25, 0.3) is 11.4 Å². The van der Waals surface area contributed by atoms with Crippen molar-refractivity contribution in [3.8, 4) is 17.1 Å². The third-order valence-corrected chi connectivity index (χ3v) is 5.24. The third kappa shape index (κ3) is 4.26. The number of ether oxygens (including phenoxy) is 1. The lowest BCUT2D eigenvalue weighted by molar-refractivity contribution is 0.0706. The van der Waals surface area contributed by atoms with E-state index < -0.39 is 0 Å². The molecule has 3 aromatic rings. The average molecular weight is 391 g/mol. The first-order chi connectivity index (χ1) is 14.1. The standard InChI is InChI=1S/C23H22FN3O2/c1-29-20-10-6-16(7-11-20)22-25-13-12-21(26-22)18-3-2-14-27(15-18)23(28)17-4-8-19(24)9-5-17/h4-13,18H,2-3,14-15H2,1H3/t18-/m1/s1. The second kappa shape index (κ2) is 8.39. The molecule has 1 fully saturated rings. The van der Waals surface area contributed by atoms with Crippen LogP contribution < -0.4 is 4.74 Å². The number of hydrogen-bond acceptors (Lipinski definition) is 4. The molecule has 0 radical (unpaired) electrons. The molecular formula is C23H22FN3O2. The molecule has 1 amide bonds. The largest absolute Gasteiger partial charge is 0.497 e. The van der Waals surface area contributed by atoms with Crippen LogP contribution in [0.5, 0.6) is 5.75 Å². The van der Waals surface area contributed by atoms with Gasteiger partial charge in [0.15, 0.2) is 5.82 Å². The minimum absolute atomic E-state index is 0.0702. The molecule has 0 aliphatic carbocycles. The Morgan fingerprint density at radius 2 is 1.86 bits per heavy atom. The predicted octanol–water partition coefficient (Wildman–Crippen LogP) is 4.31. The minimum atomic E-state index is -0.342. The van der Waals surface area contributed by atoms with Crippen molar-refractivity contribution in [3.05, 3.63) is 77.9 Å². The van der Waals surface area contributed by atoms with E-state index in [1.54, 1.807) is 13.3 Å². The van der Waals surface area contributed by atoms with Crippen LogP contribution in [0.3, 0.4) is 0 Å². The number of carbonyl (C=O) groups excluding carboxylic acids is 1. The van der Waals surface area contributed by atoms with Crippen molar-refractivity contribution in [3.63, 3.8) is 0 Å². The van der Waals surface area contributed by atoms with Crippen molar-refractivity contribution in [1.82, 2.24) is 14.9 Å². The van der Waals surface area contributed by atoms with E-state index in [-0.39, 0.29) is 17.6 Å². The highest BCUT2D eigenvalue weighted by atomic mass is 19.1. The number of likely N-dealkylation sites (tertiary alicyclic amines) is 1. The zero-order valence-corrected chi connectivity index (χ0v) is 16.2. The van der Waals surface area contributed by atoms with Crippen LogP contribution in [0.15, 0.2) is 60.8 Å². The fourth-order valence-corrected chi connectivity index (χ4v) is 3.66. The van der Waals surface area contributed by atoms with E-state index in [2.05, 4.69) is 4.98 Å². The maximum atomic E-state index is 13.1. The molecule has 0 saturated carbocycles. The molecule has 1 aromatic heterocycles. The molecule has 6 heteroatoms. The minimum Gasteiger partial charge on any atom is -0.497 e. The Morgan fingerprint density at radius 3 is 2.59 bits per heavy atom. The zero-order valence-electron chi connectivity index (χ0n) is 16.2. The highest BCUT2D eigenvalue weighted by Gasteiger charge is 2.26. The molecule has 2 heterocycles. The molecule has 29 heavy (non-hydrogen) atoms. The van der Waals surface area contributed by atoms with Crippen LogP contribution in [0.4, 0.5) is 4.39 Å². The summed E-state index contributed by atoms with van der Waals surface area (Å²) in [4.78, 5) is 23.8. The molecule has 2 aromatic carbocycles. The summed E-state index contributed by atoms with van der Waals surface area (Å²) >= 11 is 0. The first-order valence-corrected chi connectivity index (χ1v) is 9.66. The van der Waals surface area contributed by atoms with Crippen molar-refractivity contribution in [2.24, 2.45) is 0 Å². The van der Waals surface area contributed by atoms with Gasteiger partial charge in [-0.25, -0.2) is 14.4 Å².